The fourth-order valence-corrected chi connectivity index (χ4v) is 1.67. The predicted molar refractivity (Wildman–Crippen MR) is 57.7 cm³/mol. The van der Waals surface area contributed by atoms with Gasteiger partial charge in [0.25, 0.3) is 0 Å². The van der Waals surface area contributed by atoms with Gasteiger partial charge in [0.05, 0.1) is 0 Å². The normalized spacial score (nSPS) is 19.6. The summed E-state index contributed by atoms with van der Waals surface area (Å²) in [5.41, 5.74) is 0. The number of benzene rings is 1. The molecular formula is C10H9BrFNO2. The average molecular weight is 274 g/mol. The van der Waals surface area contributed by atoms with Crippen LogP contribution in [0, 0.1) is 5.82 Å². The van der Waals surface area contributed by atoms with E-state index >= 15 is 0 Å². The van der Waals surface area contributed by atoms with E-state index in [0.29, 0.717) is 13.0 Å². The van der Waals surface area contributed by atoms with Crippen LogP contribution in [0.4, 0.5) is 4.39 Å². The molecule has 0 aromatic heterocycles. The summed E-state index contributed by atoms with van der Waals surface area (Å²) in [6, 6.07) is 6.28. The molecule has 1 aromatic carbocycles. The van der Waals surface area contributed by atoms with Gasteiger partial charge in [0.2, 0.25) is 0 Å². The van der Waals surface area contributed by atoms with Gasteiger partial charge in [-0.25, -0.2) is 4.39 Å². The lowest BCUT2D eigenvalue weighted by Crippen LogP contribution is -2.17. The quantitative estimate of drug-likeness (QED) is 0.848. The molecule has 15 heavy (non-hydrogen) atoms. The molecule has 1 aliphatic rings. The van der Waals surface area contributed by atoms with Crippen molar-refractivity contribution in [1.82, 2.24) is 0 Å². The van der Waals surface area contributed by atoms with Gasteiger partial charge >= 0.3 is 0 Å². The third kappa shape index (κ3) is 2.68. The van der Waals surface area contributed by atoms with Gasteiger partial charge in [-0.2, -0.15) is 0 Å². The number of hydrogen-bond donors (Lipinski definition) is 0. The Bertz CT molecular complexity index is 383. The van der Waals surface area contributed by atoms with E-state index in [0.717, 1.165) is 4.62 Å². The summed E-state index contributed by atoms with van der Waals surface area (Å²) < 4.78 is 19.2. The van der Waals surface area contributed by atoms with Gasteiger partial charge in [0.15, 0.2) is 17.7 Å². The summed E-state index contributed by atoms with van der Waals surface area (Å²) in [4.78, 5) is 5.02. The lowest BCUT2D eigenvalue weighted by Gasteiger charge is -2.10. The molecule has 80 valence electrons. The number of rotatable bonds is 3. The van der Waals surface area contributed by atoms with Crippen molar-refractivity contribution in [3.8, 4) is 5.75 Å². The molecule has 0 saturated heterocycles. The van der Waals surface area contributed by atoms with E-state index < -0.39 is 0 Å². The van der Waals surface area contributed by atoms with Crippen molar-refractivity contribution in [1.29, 1.82) is 0 Å². The summed E-state index contributed by atoms with van der Waals surface area (Å²) in [5.74, 6) is -0.125. The first-order chi connectivity index (χ1) is 7.25. The second-order valence-electron chi connectivity index (χ2n) is 3.14. The van der Waals surface area contributed by atoms with Gasteiger partial charge < -0.3 is 9.57 Å². The first-order valence-corrected chi connectivity index (χ1v) is 5.30. The van der Waals surface area contributed by atoms with E-state index in [9.17, 15) is 4.39 Å². The Labute approximate surface area is 95.0 Å². The zero-order valence-electron chi connectivity index (χ0n) is 7.82. The van der Waals surface area contributed by atoms with E-state index in [1.807, 2.05) is 0 Å². The minimum atomic E-state index is -0.365. The van der Waals surface area contributed by atoms with Crippen LogP contribution >= 0.6 is 15.9 Å². The van der Waals surface area contributed by atoms with Crippen molar-refractivity contribution < 1.29 is 14.0 Å². The van der Waals surface area contributed by atoms with Gasteiger partial charge in [0, 0.05) is 6.42 Å². The molecule has 5 heteroatoms. The van der Waals surface area contributed by atoms with Gasteiger partial charge in [-0.05, 0) is 28.1 Å². The van der Waals surface area contributed by atoms with Crippen LogP contribution < -0.4 is 4.74 Å². The van der Waals surface area contributed by atoms with E-state index in [1.165, 1.54) is 6.07 Å². The first-order valence-electron chi connectivity index (χ1n) is 4.51. The molecule has 0 amide bonds. The fraction of sp³-hybridized carbons (Fsp3) is 0.300. The molecule has 1 atom stereocenters. The number of halogens is 2. The maximum Gasteiger partial charge on any atom is 0.167 e. The van der Waals surface area contributed by atoms with Gasteiger partial charge in [-0.3, -0.25) is 0 Å². The molecule has 1 heterocycles. The molecule has 0 unspecified atom stereocenters. The van der Waals surface area contributed by atoms with Crippen LogP contribution in [0.5, 0.6) is 5.75 Å². The van der Waals surface area contributed by atoms with E-state index in [4.69, 9.17) is 9.57 Å². The molecule has 0 bridgehead atoms. The van der Waals surface area contributed by atoms with E-state index in [-0.39, 0.29) is 17.7 Å². The number of nitrogens with zero attached hydrogens (tertiary/aromatic N) is 1. The van der Waals surface area contributed by atoms with Gasteiger partial charge in [-0.1, -0.05) is 17.3 Å². The number of oxime groups is 1. The van der Waals surface area contributed by atoms with Crippen LogP contribution in [0.1, 0.15) is 6.42 Å². The summed E-state index contributed by atoms with van der Waals surface area (Å²) >= 11 is 3.21. The molecule has 0 spiro atoms. The Morgan fingerprint density at radius 3 is 3.00 bits per heavy atom. The van der Waals surface area contributed by atoms with Crippen molar-refractivity contribution in [2.45, 2.75) is 12.5 Å². The molecule has 1 aromatic rings. The predicted octanol–water partition coefficient (Wildman–Crippen LogP) is 2.70. The van der Waals surface area contributed by atoms with Crippen LogP contribution in [-0.4, -0.2) is 17.3 Å². The van der Waals surface area contributed by atoms with Crippen LogP contribution in [0.15, 0.2) is 29.4 Å². The molecule has 0 aliphatic carbocycles. The summed E-state index contributed by atoms with van der Waals surface area (Å²) in [6.45, 7) is 0.291. The Morgan fingerprint density at radius 2 is 2.33 bits per heavy atom. The van der Waals surface area contributed by atoms with Gasteiger partial charge in [-0.15, -0.1) is 0 Å². The number of ether oxygens (including phenoxy) is 1. The Kier molecular flexibility index (Phi) is 3.20. The third-order valence-corrected chi connectivity index (χ3v) is 2.43. The fourth-order valence-electron chi connectivity index (χ4n) is 1.23. The molecule has 0 radical (unpaired) electrons. The monoisotopic (exact) mass is 273 g/mol. The molecule has 0 fully saturated rings. The van der Waals surface area contributed by atoms with Crippen molar-refractivity contribution in [2.24, 2.45) is 5.16 Å². The van der Waals surface area contributed by atoms with Crippen LogP contribution in [0.3, 0.4) is 0 Å². The van der Waals surface area contributed by atoms with Crippen LogP contribution in [0.25, 0.3) is 0 Å². The minimum Gasteiger partial charge on any atom is -0.487 e. The Hall–Kier alpha value is -1.10. The maximum atomic E-state index is 13.1. The molecular weight excluding hydrogens is 265 g/mol. The highest BCUT2D eigenvalue weighted by Crippen LogP contribution is 2.19. The maximum absolute atomic E-state index is 13.1. The topological polar surface area (TPSA) is 30.8 Å². The summed E-state index contributed by atoms with van der Waals surface area (Å²) in [5, 5.41) is 3.71. The molecule has 2 rings (SSSR count). The highest BCUT2D eigenvalue weighted by Gasteiger charge is 2.20. The van der Waals surface area contributed by atoms with Crippen molar-refractivity contribution in [3.05, 3.63) is 30.1 Å². The molecule has 3 nitrogen and oxygen atoms in total. The molecule has 0 N–H and O–H groups in total. The Balaban J connectivity index is 1.86. The first kappa shape index (κ1) is 10.4. The van der Waals surface area contributed by atoms with Crippen molar-refractivity contribution in [2.75, 3.05) is 6.61 Å². The standard InChI is InChI=1S/C10H9BrFNO2/c11-10-5-7(15-13-10)6-14-9-4-2-1-3-8(9)12/h1-4,7H,5-6H2/t7-/m1/s1. The summed E-state index contributed by atoms with van der Waals surface area (Å²) in [6.07, 6.45) is 0.521. The Morgan fingerprint density at radius 1 is 1.53 bits per heavy atom. The van der Waals surface area contributed by atoms with Crippen LogP contribution in [-0.2, 0) is 4.84 Å². The second-order valence-corrected chi connectivity index (χ2v) is 4.06. The smallest absolute Gasteiger partial charge is 0.167 e. The highest BCUT2D eigenvalue weighted by molar-refractivity contribution is 9.18. The van der Waals surface area contributed by atoms with E-state index in [1.54, 1.807) is 18.2 Å². The number of para-hydroxylation sites is 1. The lowest BCUT2D eigenvalue weighted by atomic mass is 10.3. The minimum absolute atomic E-state index is 0.140. The average Bonchev–Trinajstić information content (AvgIpc) is 2.63. The second kappa shape index (κ2) is 4.61. The lowest BCUT2D eigenvalue weighted by molar-refractivity contribution is 0.0459. The van der Waals surface area contributed by atoms with Gasteiger partial charge in [0.1, 0.15) is 11.2 Å². The van der Waals surface area contributed by atoms with Crippen molar-refractivity contribution in [3.63, 3.8) is 0 Å². The zero-order valence-corrected chi connectivity index (χ0v) is 9.41. The largest absolute Gasteiger partial charge is 0.487 e. The third-order valence-electron chi connectivity index (χ3n) is 1.96. The zero-order chi connectivity index (χ0) is 10.7. The number of hydrogen-bond acceptors (Lipinski definition) is 3. The van der Waals surface area contributed by atoms with E-state index in [2.05, 4.69) is 21.1 Å². The molecule has 0 saturated carbocycles. The SMILES string of the molecule is Fc1ccccc1OC[C@H]1CC(Br)=NO1. The van der Waals surface area contributed by atoms with Crippen LogP contribution in [0.2, 0.25) is 0 Å². The highest BCUT2D eigenvalue weighted by atomic mass is 79.9. The van der Waals surface area contributed by atoms with Crippen molar-refractivity contribution >= 4 is 20.6 Å². The summed E-state index contributed by atoms with van der Waals surface area (Å²) in [7, 11) is 0. The molecule has 1 aliphatic heterocycles.